The number of aromatic nitrogens is 1. The average molecular weight is 558 g/mol. The predicted octanol–water partition coefficient (Wildman–Crippen LogP) is 2.54. The number of carbonyl (C=O) groups is 3. The quantitative estimate of drug-likeness (QED) is 0.576. The van der Waals surface area contributed by atoms with Gasteiger partial charge in [0, 0.05) is 38.8 Å². The van der Waals surface area contributed by atoms with Crippen molar-refractivity contribution >= 4 is 35.1 Å². The minimum absolute atomic E-state index is 0.00196. The van der Waals surface area contributed by atoms with Crippen LogP contribution in [0.2, 0.25) is 5.02 Å². The van der Waals surface area contributed by atoms with Gasteiger partial charge < -0.3 is 29.4 Å². The second-order valence-corrected chi connectivity index (χ2v) is 10.2. The van der Waals surface area contributed by atoms with Crippen molar-refractivity contribution in [2.75, 3.05) is 50.8 Å². The van der Waals surface area contributed by atoms with Crippen LogP contribution >= 0.6 is 11.6 Å². The molecule has 3 aliphatic heterocycles. The van der Waals surface area contributed by atoms with E-state index in [9.17, 15) is 19.5 Å². The number of piperazine rings is 2. The van der Waals surface area contributed by atoms with Crippen molar-refractivity contribution in [2.45, 2.75) is 25.9 Å². The summed E-state index contributed by atoms with van der Waals surface area (Å²) in [6, 6.07) is 3.11. The Morgan fingerprint density at radius 1 is 1.26 bits per heavy atom. The van der Waals surface area contributed by atoms with Crippen LogP contribution < -0.4 is 9.64 Å². The summed E-state index contributed by atoms with van der Waals surface area (Å²) in [5, 5.41) is 10.4. The van der Waals surface area contributed by atoms with E-state index in [0.29, 0.717) is 19.6 Å². The highest BCUT2D eigenvalue weighted by atomic mass is 35.5. The number of hydrogen-bond acceptors (Lipinski definition) is 7. The number of ether oxygens (including phenoxy) is 1. The number of phenolic OH excluding ortho intramolecular Hbond substituents is 1. The molecule has 4 heterocycles. The Bertz CT molecular complexity index is 1350. The average Bonchev–Trinajstić information content (AvgIpc) is 3.07. The van der Waals surface area contributed by atoms with E-state index in [1.54, 1.807) is 19.6 Å². The first-order valence-electron chi connectivity index (χ1n) is 12.8. The highest BCUT2D eigenvalue weighted by molar-refractivity contribution is 6.35. The lowest BCUT2D eigenvalue weighted by molar-refractivity contribution is -0.131. The molecule has 1 aromatic carbocycles. The van der Waals surface area contributed by atoms with Crippen molar-refractivity contribution in [1.82, 2.24) is 19.7 Å². The maximum Gasteiger partial charge on any atom is 0.261 e. The summed E-state index contributed by atoms with van der Waals surface area (Å²) in [4.78, 5) is 50.5. The van der Waals surface area contributed by atoms with Gasteiger partial charge in [0.25, 0.3) is 5.91 Å². The lowest BCUT2D eigenvalue weighted by Crippen LogP contribution is -2.58. The van der Waals surface area contributed by atoms with Gasteiger partial charge >= 0.3 is 0 Å². The van der Waals surface area contributed by atoms with E-state index in [0.717, 1.165) is 0 Å². The van der Waals surface area contributed by atoms with Crippen molar-refractivity contribution in [3.63, 3.8) is 0 Å². The number of aromatic hydroxyl groups is 1. The maximum absolute atomic E-state index is 15.0. The van der Waals surface area contributed by atoms with Gasteiger partial charge in [-0.15, -0.1) is 0 Å². The van der Waals surface area contributed by atoms with E-state index in [4.69, 9.17) is 16.3 Å². The zero-order valence-corrected chi connectivity index (χ0v) is 22.4. The molecule has 5 rings (SSSR count). The van der Waals surface area contributed by atoms with Gasteiger partial charge in [0.05, 0.1) is 18.2 Å². The molecule has 2 aromatic rings. The van der Waals surface area contributed by atoms with E-state index in [2.05, 4.69) is 11.6 Å². The summed E-state index contributed by atoms with van der Waals surface area (Å²) >= 11 is 6.76. The third-order valence-corrected chi connectivity index (χ3v) is 7.85. The van der Waals surface area contributed by atoms with Gasteiger partial charge in [0.2, 0.25) is 11.8 Å². The lowest BCUT2D eigenvalue weighted by Gasteiger charge is -2.41. The van der Waals surface area contributed by atoms with E-state index in [1.807, 2.05) is 13.8 Å². The molecule has 0 saturated carbocycles. The number of amides is 3. The van der Waals surface area contributed by atoms with Gasteiger partial charge in [0.1, 0.15) is 40.3 Å². The molecule has 0 bridgehead atoms. The number of fused-ring (bicyclic) bond motifs is 2. The molecule has 2 atom stereocenters. The number of hydrogen-bond donors (Lipinski definition) is 1. The summed E-state index contributed by atoms with van der Waals surface area (Å²) < 4.78 is 21.1. The molecule has 0 unspecified atom stereocenters. The van der Waals surface area contributed by atoms with Crippen molar-refractivity contribution in [3.8, 4) is 22.8 Å². The Morgan fingerprint density at radius 3 is 2.72 bits per heavy atom. The summed E-state index contributed by atoms with van der Waals surface area (Å²) in [6.07, 6.45) is 1.23. The minimum Gasteiger partial charge on any atom is -0.507 e. The number of rotatable bonds is 4. The summed E-state index contributed by atoms with van der Waals surface area (Å²) in [6.45, 7) is 9.02. The molecule has 1 aromatic heterocycles. The van der Waals surface area contributed by atoms with Gasteiger partial charge in [-0.25, -0.2) is 9.37 Å². The van der Waals surface area contributed by atoms with Crippen molar-refractivity contribution in [2.24, 2.45) is 0 Å². The largest absolute Gasteiger partial charge is 0.507 e. The molecule has 0 spiro atoms. The first-order chi connectivity index (χ1) is 18.7. The summed E-state index contributed by atoms with van der Waals surface area (Å²) in [5.74, 6) is -1.82. The monoisotopic (exact) mass is 557 g/mol. The number of halogens is 2. The van der Waals surface area contributed by atoms with Crippen molar-refractivity contribution < 1.29 is 28.6 Å². The van der Waals surface area contributed by atoms with Gasteiger partial charge in [-0.1, -0.05) is 24.2 Å². The van der Waals surface area contributed by atoms with Crippen molar-refractivity contribution in [1.29, 1.82) is 0 Å². The Kier molecular flexibility index (Phi) is 7.11. The highest BCUT2D eigenvalue weighted by Crippen LogP contribution is 2.46. The van der Waals surface area contributed by atoms with Crippen LogP contribution in [0.3, 0.4) is 0 Å². The Hall–Kier alpha value is -3.86. The van der Waals surface area contributed by atoms with Crippen LogP contribution in [0.1, 0.15) is 24.2 Å². The molecular formula is C27H29ClFN5O5. The van der Waals surface area contributed by atoms with Gasteiger partial charge in [-0.3, -0.25) is 14.4 Å². The van der Waals surface area contributed by atoms with Gasteiger partial charge in [-0.2, -0.15) is 0 Å². The standard InChI is InChI=1S/C27H29ClFN5O5/c1-4-19(36)32-9-10-33-16(12-32)14-39-25-22(27(33)38)26(34-13-20(37)31(5-2)11-15(34)3)30-24(23(25)28)21-17(29)7-6-8-18(21)35/h4,6-8,15-16,35H,1,5,9-14H2,2-3H3/t15-,16+/m0/s1. The Labute approximate surface area is 230 Å². The fraction of sp³-hybridized carbons (Fsp3) is 0.407. The fourth-order valence-electron chi connectivity index (χ4n) is 5.41. The van der Waals surface area contributed by atoms with Crippen LogP contribution in [0, 0.1) is 5.82 Å². The molecule has 1 N–H and O–H groups in total. The molecule has 3 aliphatic rings. The Balaban J connectivity index is 1.68. The van der Waals surface area contributed by atoms with Gasteiger partial charge in [0.15, 0.2) is 5.75 Å². The molecule has 206 valence electrons. The summed E-state index contributed by atoms with van der Waals surface area (Å²) in [7, 11) is 0. The predicted molar refractivity (Wildman–Crippen MR) is 142 cm³/mol. The number of pyridine rings is 1. The second-order valence-electron chi connectivity index (χ2n) is 9.80. The SMILES string of the molecule is C=CC(=O)N1CCN2C(=O)c3c(N4CC(=O)N(CC)C[C@@H]4C)nc(-c4c(O)cccc4F)c(Cl)c3OC[C@H]2C1. The number of likely N-dealkylation sites (N-methyl/N-ethyl adjacent to an activating group) is 1. The summed E-state index contributed by atoms with van der Waals surface area (Å²) in [5.41, 5.74) is -0.275. The minimum atomic E-state index is -0.758. The van der Waals surface area contributed by atoms with Crippen LogP contribution in [0.25, 0.3) is 11.3 Å². The molecule has 10 nitrogen and oxygen atoms in total. The Morgan fingerprint density at radius 2 is 2.03 bits per heavy atom. The third-order valence-electron chi connectivity index (χ3n) is 7.50. The number of nitrogens with zero attached hydrogens (tertiary/aromatic N) is 5. The van der Waals surface area contributed by atoms with E-state index < -0.39 is 17.8 Å². The molecule has 3 amide bonds. The van der Waals surface area contributed by atoms with E-state index in [1.165, 1.54) is 24.3 Å². The fourth-order valence-corrected chi connectivity index (χ4v) is 5.69. The lowest BCUT2D eigenvalue weighted by atomic mass is 10.0. The molecule has 0 radical (unpaired) electrons. The molecular weight excluding hydrogens is 529 g/mol. The van der Waals surface area contributed by atoms with Crippen LogP contribution in [0.15, 0.2) is 30.9 Å². The van der Waals surface area contributed by atoms with Crippen LogP contribution in [-0.4, -0.2) is 100 Å². The van der Waals surface area contributed by atoms with Gasteiger partial charge in [-0.05, 0) is 32.1 Å². The van der Waals surface area contributed by atoms with Crippen LogP contribution in [0.5, 0.6) is 11.5 Å². The number of benzene rings is 1. The first-order valence-corrected chi connectivity index (χ1v) is 13.1. The zero-order valence-electron chi connectivity index (χ0n) is 21.7. The van der Waals surface area contributed by atoms with Crippen LogP contribution in [-0.2, 0) is 9.59 Å². The van der Waals surface area contributed by atoms with E-state index in [-0.39, 0.29) is 83.3 Å². The topological polar surface area (TPSA) is 107 Å². The smallest absolute Gasteiger partial charge is 0.261 e. The molecule has 2 saturated heterocycles. The number of anilines is 1. The zero-order chi connectivity index (χ0) is 28.0. The van der Waals surface area contributed by atoms with Crippen LogP contribution in [0.4, 0.5) is 10.2 Å². The van der Waals surface area contributed by atoms with E-state index >= 15 is 4.39 Å². The normalized spacial score (nSPS) is 21.2. The molecule has 0 aliphatic carbocycles. The maximum atomic E-state index is 15.0. The third kappa shape index (κ3) is 4.54. The molecule has 2 fully saturated rings. The van der Waals surface area contributed by atoms with Crippen molar-refractivity contribution in [3.05, 3.63) is 47.3 Å². The number of phenols is 1. The first kappa shape index (κ1) is 26.7. The highest BCUT2D eigenvalue weighted by Gasteiger charge is 2.42. The molecule has 12 heteroatoms. The molecule has 39 heavy (non-hydrogen) atoms. The second kappa shape index (κ2) is 10.4. The number of carbonyl (C=O) groups excluding carboxylic acids is 3.